The van der Waals surface area contributed by atoms with Crippen LogP contribution < -0.4 is 15.8 Å². The van der Waals surface area contributed by atoms with Crippen LogP contribution in [-0.2, 0) is 4.74 Å². The summed E-state index contributed by atoms with van der Waals surface area (Å²) in [6.45, 7) is 2.57. The van der Waals surface area contributed by atoms with E-state index in [9.17, 15) is 4.79 Å². The van der Waals surface area contributed by atoms with Crippen molar-refractivity contribution >= 4 is 35.0 Å². The Kier molecular flexibility index (Phi) is 9.86. The van der Waals surface area contributed by atoms with Gasteiger partial charge in [0, 0.05) is 44.8 Å². The zero-order chi connectivity index (χ0) is 21.5. The van der Waals surface area contributed by atoms with Crippen LogP contribution in [0.1, 0.15) is 16.8 Å². The van der Waals surface area contributed by atoms with Crippen molar-refractivity contribution in [3.63, 3.8) is 0 Å². The van der Waals surface area contributed by atoms with Gasteiger partial charge in [0.25, 0.3) is 5.91 Å². The molecule has 1 saturated heterocycles. The molecular weight excluding hydrogens is 440 g/mol. The summed E-state index contributed by atoms with van der Waals surface area (Å²) in [5.74, 6) is 1.10. The maximum Gasteiger partial charge on any atom is 0.255 e. The molecule has 1 aliphatic rings. The Morgan fingerprint density at radius 1 is 1.39 bits per heavy atom. The Morgan fingerprint density at radius 2 is 2.19 bits per heavy atom. The summed E-state index contributed by atoms with van der Waals surface area (Å²) in [6, 6.07) is 8.93. The number of carbonyl (C=O) groups excluding carboxylic acids is 1. The van der Waals surface area contributed by atoms with E-state index in [0.717, 1.165) is 36.8 Å². The van der Waals surface area contributed by atoms with Gasteiger partial charge in [0.15, 0.2) is 0 Å². The lowest BCUT2D eigenvalue weighted by Gasteiger charge is -2.38. The second kappa shape index (κ2) is 12.1. The number of aromatic nitrogens is 1. The molecule has 2 aromatic rings. The van der Waals surface area contributed by atoms with Crippen molar-refractivity contribution in [2.75, 3.05) is 45.3 Å². The number of hydrogen-bond acceptors (Lipinski definition) is 7. The van der Waals surface area contributed by atoms with Crippen LogP contribution in [0, 0.1) is 0 Å². The molecule has 170 valence electrons. The molecule has 0 aliphatic carbocycles. The number of nitrogens with two attached hydrogens (primary N) is 1. The first-order chi connectivity index (χ1) is 14.5. The Bertz CT molecular complexity index is 859. The number of nitrogens with one attached hydrogen (secondary N) is 1. The first kappa shape index (κ1) is 25.2. The highest BCUT2D eigenvalue weighted by atomic mass is 35.5. The van der Waals surface area contributed by atoms with Gasteiger partial charge in [-0.3, -0.25) is 9.69 Å². The van der Waals surface area contributed by atoms with Crippen LogP contribution in [0.25, 0.3) is 0 Å². The van der Waals surface area contributed by atoms with Crippen LogP contribution in [0.4, 0.5) is 5.69 Å². The van der Waals surface area contributed by atoms with E-state index in [4.69, 9.17) is 26.8 Å². The molecule has 0 radical (unpaired) electrons. The molecule has 1 aliphatic heterocycles. The fourth-order valence-corrected chi connectivity index (χ4v) is 4.49. The summed E-state index contributed by atoms with van der Waals surface area (Å²) >= 11 is 7.84. The summed E-state index contributed by atoms with van der Waals surface area (Å²) in [7, 11) is 3.18. The number of ether oxygens (including phenoxy) is 2. The number of hydrogen-bond donors (Lipinski definition) is 2. The third-order valence-corrected chi connectivity index (χ3v) is 6.37. The predicted octanol–water partition coefficient (Wildman–Crippen LogP) is 2.11. The highest BCUT2D eigenvalue weighted by Gasteiger charge is 2.31. The van der Waals surface area contributed by atoms with Gasteiger partial charge in [0.05, 0.1) is 40.6 Å². The van der Waals surface area contributed by atoms with Crippen LogP contribution in [0.15, 0.2) is 41.6 Å². The number of halogens is 1. The van der Waals surface area contributed by atoms with Crippen molar-refractivity contribution < 1.29 is 19.7 Å². The van der Waals surface area contributed by atoms with Crippen molar-refractivity contribution in [1.29, 1.82) is 0 Å². The average molecular weight is 469 g/mol. The maximum atomic E-state index is 12.9. The van der Waals surface area contributed by atoms with Crippen LogP contribution in [-0.4, -0.2) is 73.0 Å². The number of nitrogen functional groups attached to an aromatic ring is 1. The Balaban J connectivity index is 0.00000341. The molecule has 10 heteroatoms. The minimum absolute atomic E-state index is 0. The minimum Gasteiger partial charge on any atom is -0.496 e. The largest absolute Gasteiger partial charge is 0.496 e. The Hall–Kier alpha value is -2.04. The maximum absolute atomic E-state index is 12.9. The smallest absolute Gasteiger partial charge is 0.255 e. The second-order valence-electron chi connectivity index (χ2n) is 7.03. The van der Waals surface area contributed by atoms with Crippen molar-refractivity contribution in [2.24, 2.45) is 0 Å². The normalized spacial score (nSPS) is 18.8. The number of thioether (sulfide) groups is 1. The number of carbonyl (C=O) groups is 1. The number of amides is 1. The average Bonchev–Trinajstić information content (AvgIpc) is 2.76. The van der Waals surface area contributed by atoms with Crippen LogP contribution in [0.3, 0.4) is 0 Å². The molecule has 3 rings (SSSR count). The van der Waals surface area contributed by atoms with Gasteiger partial charge in [-0.1, -0.05) is 17.7 Å². The molecule has 1 amide bonds. The van der Waals surface area contributed by atoms with Crippen molar-refractivity contribution in [3.8, 4) is 5.75 Å². The molecule has 1 aromatic carbocycles. The van der Waals surface area contributed by atoms with E-state index < -0.39 is 0 Å². The lowest BCUT2D eigenvalue weighted by molar-refractivity contribution is 0.00834. The summed E-state index contributed by atoms with van der Waals surface area (Å²) in [6.07, 6.45) is 2.50. The molecule has 5 N–H and O–H groups in total. The zero-order valence-corrected chi connectivity index (χ0v) is 19.2. The van der Waals surface area contributed by atoms with Gasteiger partial charge in [0.1, 0.15) is 5.75 Å². The summed E-state index contributed by atoms with van der Waals surface area (Å²) in [5.41, 5.74) is 6.54. The molecule has 31 heavy (non-hydrogen) atoms. The summed E-state index contributed by atoms with van der Waals surface area (Å²) in [4.78, 5) is 19.5. The van der Waals surface area contributed by atoms with Gasteiger partial charge < -0.3 is 26.0 Å². The van der Waals surface area contributed by atoms with Crippen LogP contribution >= 0.6 is 23.4 Å². The fraction of sp³-hybridized carbons (Fsp3) is 0.429. The van der Waals surface area contributed by atoms with E-state index in [1.54, 1.807) is 31.1 Å². The van der Waals surface area contributed by atoms with Gasteiger partial charge in [-0.05, 0) is 24.6 Å². The van der Waals surface area contributed by atoms with Crippen LogP contribution in [0.2, 0.25) is 5.02 Å². The third-order valence-electron chi connectivity index (χ3n) is 5.12. The third kappa shape index (κ3) is 6.72. The lowest BCUT2D eigenvalue weighted by atomic mass is 10.0. The van der Waals surface area contributed by atoms with E-state index in [0.29, 0.717) is 22.0 Å². The van der Waals surface area contributed by atoms with Gasteiger partial charge in [0.2, 0.25) is 0 Å². The molecule has 8 nitrogen and oxygen atoms in total. The molecule has 1 fully saturated rings. The van der Waals surface area contributed by atoms with Crippen molar-refractivity contribution in [2.45, 2.75) is 23.6 Å². The number of likely N-dealkylation sites (tertiary alicyclic amines) is 1. The van der Waals surface area contributed by atoms with E-state index in [-0.39, 0.29) is 23.5 Å². The molecule has 2 heterocycles. The fourth-order valence-electron chi connectivity index (χ4n) is 3.46. The van der Waals surface area contributed by atoms with Gasteiger partial charge >= 0.3 is 0 Å². The lowest BCUT2D eigenvalue weighted by Crippen LogP contribution is -2.55. The Labute approximate surface area is 191 Å². The molecular formula is C21H29ClN4O4S. The standard InChI is InChI=1S/C21H27ClN4O3S.H2O/c1-28-18-12-16(23)15(22)11-14(18)21(27)25-17-6-8-26(13-19(17)29-2)9-10-30-20-5-3-4-7-24-20;/h3-5,7,11-12,17,19H,6,8-10,13,23H2,1-2H3,(H,25,27);1H2/t17-,19+;/m1./s1. The molecule has 0 saturated carbocycles. The number of anilines is 1. The quantitative estimate of drug-likeness (QED) is 0.449. The minimum atomic E-state index is -0.250. The van der Waals surface area contributed by atoms with Gasteiger partial charge in [-0.25, -0.2) is 4.98 Å². The van der Waals surface area contributed by atoms with Crippen LogP contribution in [0.5, 0.6) is 5.75 Å². The summed E-state index contributed by atoms with van der Waals surface area (Å²) in [5, 5.41) is 4.43. The number of methoxy groups -OCH3 is 2. The van der Waals surface area contributed by atoms with E-state index >= 15 is 0 Å². The number of benzene rings is 1. The molecule has 1 aromatic heterocycles. The summed E-state index contributed by atoms with van der Waals surface area (Å²) < 4.78 is 11.0. The van der Waals surface area contributed by atoms with Crippen molar-refractivity contribution in [1.82, 2.24) is 15.2 Å². The molecule has 0 spiro atoms. The van der Waals surface area contributed by atoms with E-state index in [1.807, 2.05) is 18.2 Å². The van der Waals surface area contributed by atoms with E-state index in [2.05, 4.69) is 15.2 Å². The Morgan fingerprint density at radius 3 is 2.87 bits per heavy atom. The number of nitrogens with zero attached hydrogens (tertiary/aromatic N) is 2. The van der Waals surface area contributed by atoms with Gasteiger partial charge in [-0.15, -0.1) is 11.8 Å². The van der Waals surface area contributed by atoms with E-state index in [1.165, 1.54) is 13.2 Å². The first-order valence-electron chi connectivity index (χ1n) is 9.74. The van der Waals surface area contributed by atoms with Crippen molar-refractivity contribution in [3.05, 3.63) is 47.1 Å². The highest BCUT2D eigenvalue weighted by Crippen LogP contribution is 2.29. The second-order valence-corrected chi connectivity index (χ2v) is 8.56. The molecule has 2 atom stereocenters. The zero-order valence-electron chi connectivity index (χ0n) is 17.6. The number of pyridine rings is 1. The first-order valence-corrected chi connectivity index (χ1v) is 11.1. The topological polar surface area (TPSA) is 121 Å². The predicted molar refractivity (Wildman–Crippen MR) is 124 cm³/mol. The molecule has 0 unspecified atom stereocenters. The molecule has 0 bridgehead atoms. The monoisotopic (exact) mass is 468 g/mol. The SMILES string of the molecule is COc1cc(N)c(Cl)cc1C(=O)N[C@@H]1CCN(CCSc2ccccn2)C[C@@H]1OC.O. The highest BCUT2D eigenvalue weighted by molar-refractivity contribution is 7.99. The number of rotatable bonds is 8. The van der Waals surface area contributed by atoms with Gasteiger partial charge in [-0.2, -0.15) is 0 Å². The number of piperidine rings is 1.